The summed E-state index contributed by atoms with van der Waals surface area (Å²) in [6, 6.07) is 14.7. The lowest BCUT2D eigenvalue weighted by Gasteiger charge is -2.07. The lowest BCUT2D eigenvalue weighted by Crippen LogP contribution is -2.00. The van der Waals surface area contributed by atoms with Crippen LogP contribution < -0.4 is 0 Å². The number of aryl methyl sites for hydroxylation is 1. The number of pyridine rings is 1. The first-order chi connectivity index (χ1) is 11.5. The normalized spacial score (nSPS) is 11.2. The Morgan fingerprint density at radius 2 is 2.00 bits per heavy atom. The minimum atomic E-state index is -0.979. The van der Waals surface area contributed by atoms with Gasteiger partial charge < -0.3 is 9.52 Å². The standard InChI is InChI=1S/C19H12BrNO3/c1-10-3-2-4-13-14(19(22)23)9-15(21-18(10)13)17-8-11-7-12(20)5-6-16(11)24-17/h2-9H,1H3,(H,22,23). The molecule has 4 rings (SSSR count). The van der Waals surface area contributed by atoms with E-state index in [9.17, 15) is 9.90 Å². The van der Waals surface area contributed by atoms with Crippen LogP contribution in [-0.4, -0.2) is 16.1 Å². The highest BCUT2D eigenvalue weighted by Crippen LogP contribution is 2.31. The lowest BCUT2D eigenvalue weighted by atomic mass is 10.0. The van der Waals surface area contributed by atoms with Crippen LogP contribution in [0.4, 0.5) is 0 Å². The fourth-order valence-electron chi connectivity index (χ4n) is 2.84. The molecule has 0 bridgehead atoms. The van der Waals surface area contributed by atoms with Crippen LogP contribution in [-0.2, 0) is 0 Å². The van der Waals surface area contributed by atoms with Gasteiger partial charge in [0.15, 0.2) is 5.76 Å². The largest absolute Gasteiger partial charge is 0.478 e. The van der Waals surface area contributed by atoms with Crippen LogP contribution in [0.15, 0.2) is 57.4 Å². The number of rotatable bonds is 2. The topological polar surface area (TPSA) is 63.3 Å². The summed E-state index contributed by atoms with van der Waals surface area (Å²) >= 11 is 3.44. The molecule has 0 aliphatic heterocycles. The van der Waals surface area contributed by atoms with Crippen molar-refractivity contribution < 1.29 is 14.3 Å². The van der Waals surface area contributed by atoms with E-state index in [1.54, 1.807) is 12.1 Å². The van der Waals surface area contributed by atoms with Gasteiger partial charge >= 0.3 is 5.97 Å². The number of carboxylic acids is 1. The molecule has 2 aromatic heterocycles. The minimum Gasteiger partial charge on any atom is -0.478 e. The Labute approximate surface area is 145 Å². The number of furan rings is 1. The van der Waals surface area contributed by atoms with E-state index in [4.69, 9.17) is 4.42 Å². The van der Waals surface area contributed by atoms with Crippen LogP contribution in [0.5, 0.6) is 0 Å². The predicted molar refractivity (Wildman–Crippen MR) is 96.3 cm³/mol. The first-order valence-corrected chi connectivity index (χ1v) is 8.15. The number of para-hydroxylation sites is 1. The summed E-state index contributed by atoms with van der Waals surface area (Å²) in [6.45, 7) is 1.92. The van der Waals surface area contributed by atoms with Gasteiger partial charge in [0.1, 0.15) is 11.3 Å². The van der Waals surface area contributed by atoms with E-state index in [1.165, 1.54) is 0 Å². The number of carboxylic acid groups (broad SMARTS) is 1. The number of aromatic nitrogens is 1. The third-order valence-electron chi connectivity index (χ3n) is 4.00. The molecular weight excluding hydrogens is 370 g/mol. The van der Waals surface area contributed by atoms with Crippen molar-refractivity contribution in [2.75, 3.05) is 0 Å². The molecule has 0 unspecified atom stereocenters. The smallest absolute Gasteiger partial charge is 0.336 e. The molecule has 0 amide bonds. The Morgan fingerprint density at radius 1 is 1.17 bits per heavy atom. The Bertz CT molecular complexity index is 1110. The SMILES string of the molecule is Cc1cccc2c(C(=O)O)cc(-c3cc4cc(Br)ccc4o3)nc12. The number of benzene rings is 2. The van der Waals surface area contributed by atoms with Crippen LogP contribution in [0.25, 0.3) is 33.3 Å². The number of fused-ring (bicyclic) bond motifs is 2. The number of hydrogen-bond acceptors (Lipinski definition) is 3. The van der Waals surface area contributed by atoms with Gasteiger partial charge in [-0.25, -0.2) is 9.78 Å². The second-order valence-corrected chi connectivity index (χ2v) is 6.54. The molecule has 4 aromatic rings. The Kier molecular flexibility index (Phi) is 3.39. The van der Waals surface area contributed by atoms with E-state index in [0.717, 1.165) is 21.0 Å². The third-order valence-corrected chi connectivity index (χ3v) is 4.50. The maximum atomic E-state index is 11.7. The van der Waals surface area contributed by atoms with Crippen molar-refractivity contribution in [2.24, 2.45) is 0 Å². The van der Waals surface area contributed by atoms with Crippen LogP contribution in [0.1, 0.15) is 15.9 Å². The summed E-state index contributed by atoms with van der Waals surface area (Å²) in [5.74, 6) is -0.427. The van der Waals surface area contributed by atoms with Gasteiger partial charge in [-0.3, -0.25) is 0 Å². The van der Waals surface area contributed by atoms with Gasteiger partial charge in [0.25, 0.3) is 0 Å². The number of hydrogen-bond donors (Lipinski definition) is 1. The highest BCUT2D eigenvalue weighted by Gasteiger charge is 2.16. The van der Waals surface area contributed by atoms with Gasteiger partial charge in [-0.2, -0.15) is 0 Å². The molecule has 2 heterocycles. The van der Waals surface area contributed by atoms with Crippen molar-refractivity contribution in [2.45, 2.75) is 6.92 Å². The minimum absolute atomic E-state index is 0.223. The van der Waals surface area contributed by atoms with Crippen LogP contribution >= 0.6 is 15.9 Å². The molecule has 0 saturated heterocycles. The number of aromatic carboxylic acids is 1. The molecule has 24 heavy (non-hydrogen) atoms. The first-order valence-electron chi connectivity index (χ1n) is 7.36. The summed E-state index contributed by atoms with van der Waals surface area (Å²) in [4.78, 5) is 16.3. The fraction of sp³-hybridized carbons (Fsp3) is 0.0526. The van der Waals surface area contributed by atoms with Crippen molar-refractivity contribution >= 4 is 43.8 Å². The zero-order chi connectivity index (χ0) is 16.8. The van der Waals surface area contributed by atoms with Gasteiger partial charge in [0.05, 0.1) is 11.1 Å². The van der Waals surface area contributed by atoms with Crippen LogP contribution in [0, 0.1) is 6.92 Å². The Hall–Kier alpha value is -2.66. The van der Waals surface area contributed by atoms with E-state index in [1.807, 2.05) is 43.3 Å². The summed E-state index contributed by atoms with van der Waals surface area (Å²) in [5.41, 5.74) is 3.07. The van der Waals surface area contributed by atoms with Gasteiger partial charge in [-0.1, -0.05) is 34.1 Å². The van der Waals surface area contributed by atoms with Crippen LogP contribution in [0.2, 0.25) is 0 Å². The average molecular weight is 382 g/mol. The molecule has 0 aliphatic carbocycles. The number of halogens is 1. The zero-order valence-electron chi connectivity index (χ0n) is 12.7. The molecule has 4 nitrogen and oxygen atoms in total. The molecule has 0 fully saturated rings. The molecule has 0 spiro atoms. The molecule has 1 N–H and O–H groups in total. The van der Waals surface area contributed by atoms with Gasteiger partial charge in [0, 0.05) is 15.2 Å². The molecule has 5 heteroatoms. The summed E-state index contributed by atoms with van der Waals surface area (Å²) in [5, 5.41) is 11.1. The molecule has 0 radical (unpaired) electrons. The van der Waals surface area contributed by atoms with E-state index in [-0.39, 0.29) is 5.56 Å². The van der Waals surface area contributed by atoms with Gasteiger partial charge in [-0.05, 0) is 42.8 Å². The van der Waals surface area contributed by atoms with E-state index in [2.05, 4.69) is 20.9 Å². The van der Waals surface area contributed by atoms with Gasteiger partial charge in [-0.15, -0.1) is 0 Å². The Morgan fingerprint density at radius 3 is 2.79 bits per heavy atom. The van der Waals surface area contributed by atoms with Crippen molar-refractivity contribution in [1.82, 2.24) is 4.98 Å². The van der Waals surface area contributed by atoms with Crippen molar-refractivity contribution in [3.05, 3.63) is 64.1 Å². The molecular formula is C19H12BrNO3. The second-order valence-electron chi connectivity index (χ2n) is 5.62. The maximum Gasteiger partial charge on any atom is 0.336 e. The first kappa shape index (κ1) is 14.9. The Balaban J connectivity index is 2.01. The average Bonchev–Trinajstić information content (AvgIpc) is 2.97. The third kappa shape index (κ3) is 2.37. The monoisotopic (exact) mass is 381 g/mol. The highest BCUT2D eigenvalue weighted by atomic mass is 79.9. The quantitative estimate of drug-likeness (QED) is 0.503. The van der Waals surface area contributed by atoms with Crippen LogP contribution in [0.3, 0.4) is 0 Å². The highest BCUT2D eigenvalue weighted by molar-refractivity contribution is 9.10. The van der Waals surface area contributed by atoms with E-state index < -0.39 is 5.97 Å². The van der Waals surface area contributed by atoms with Crippen molar-refractivity contribution in [3.8, 4) is 11.5 Å². The number of nitrogens with zero attached hydrogens (tertiary/aromatic N) is 1. The van der Waals surface area contributed by atoms with E-state index >= 15 is 0 Å². The van der Waals surface area contributed by atoms with E-state index in [0.29, 0.717) is 22.4 Å². The second kappa shape index (κ2) is 5.46. The molecule has 2 aromatic carbocycles. The summed E-state index contributed by atoms with van der Waals surface area (Å²) in [6.07, 6.45) is 0. The molecule has 0 aliphatic rings. The fourth-order valence-corrected chi connectivity index (χ4v) is 3.21. The molecule has 0 saturated carbocycles. The summed E-state index contributed by atoms with van der Waals surface area (Å²) < 4.78 is 6.81. The maximum absolute atomic E-state index is 11.7. The van der Waals surface area contributed by atoms with Gasteiger partial charge in [0.2, 0.25) is 0 Å². The summed E-state index contributed by atoms with van der Waals surface area (Å²) in [7, 11) is 0. The number of carbonyl (C=O) groups is 1. The predicted octanol–water partition coefficient (Wildman–Crippen LogP) is 5.42. The lowest BCUT2D eigenvalue weighted by molar-refractivity contribution is 0.0699. The van der Waals surface area contributed by atoms with Crippen molar-refractivity contribution in [3.63, 3.8) is 0 Å². The van der Waals surface area contributed by atoms with Crippen molar-refractivity contribution in [1.29, 1.82) is 0 Å². The molecule has 0 atom stereocenters. The molecule has 118 valence electrons. The zero-order valence-corrected chi connectivity index (χ0v) is 14.3.